The summed E-state index contributed by atoms with van der Waals surface area (Å²) in [4.78, 5) is 12.7. The molecule has 0 heterocycles. The Morgan fingerprint density at radius 3 is 2.65 bits per heavy atom. The molecule has 1 aromatic rings. The predicted molar refractivity (Wildman–Crippen MR) is 71.3 cm³/mol. The van der Waals surface area contributed by atoms with E-state index in [0.29, 0.717) is 0 Å². The van der Waals surface area contributed by atoms with Gasteiger partial charge in [0.15, 0.2) is 0 Å². The van der Waals surface area contributed by atoms with Crippen LogP contribution in [0.3, 0.4) is 0 Å². The number of aromatic hydroxyl groups is 1. The van der Waals surface area contributed by atoms with E-state index >= 15 is 0 Å². The first-order chi connectivity index (χ1) is 8.13. The summed E-state index contributed by atoms with van der Waals surface area (Å²) < 4.78 is 0. The number of rotatable bonds is 6. The van der Waals surface area contributed by atoms with E-state index in [0.717, 1.165) is 24.3 Å². The number of nitrogens with one attached hydrogen (secondary N) is 1. The summed E-state index contributed by atoms with van der Waals surface area (Å²) in [5.41, 5.74) is 0. The minimum absolute atomic E-state index is 0.0662. The van der Waals surface area contributed by atoms with E-state index in [2.05, 4.69) is 12.2 Å². The first kappa shape index (κ1) is 13.9. The van der Waals surface area contributed by atoms with Crippen molar-refractivity contribution in [3.05, 3.63) is 24.3 Å². The van der Waals surface area contributed by atoms with Crippen LogP contribution in [-0.2, 0) is 4.79 Å². The number of phenolic OH excluding ortho intramolecular Hbond substituents is 1. The molecule has 1 aromatic carbocycles. The van der Waals surface area contributed by atoms with Crippen LogP contribution in [0.1, 0.15) is 26.7 Å². The van der Waals surface area contributed by atoms with E-state index in [1.165, 1.54) is 11.8 Å². The molecule has 17 heavy (non-hydrogen) atoms. The Morgan fingerprint density at radius 1 is 1.41 bits per heavy atom. The monoisotopic (exact) mass is 253 g/mol. The zero-order chi connectivity index (χ0) is 12.7. The Morgan fingerprint density at radius 2 is 2.06 bits per heavy atom. The molecule has 0 aromatic heterocycles. The molecular formula is C13H19NO2S. The summed E-state index contributed by atoms with van der Waals surface area (Å²) in [6.07, 6.45) is 2.10. The van der Waals surface area contributed by atoms with Crippen LogP contribution >= 0.6 is 11.8 Å². The zero-order valence-electron chi connectivity index (χ0n) is 10.3. The van der Waals surface area contributed by atoms with Crippen LogP contribution in [0.5, 0.6) is 5.75 Å². The van der Waals surface area contributed by atoms with Crippen LogP contribution in [0.2, 0.25) is 0 Å². The molecule has 3 nitrogen and oxygen atoms in total. The summed E-state index contributed by atoms with van der Waals surface area (Å²) in [6, 6.07) is 6.89. The molecule has 0 radical (unpaired) electrons. The van der Waals surface area contributed by atoms with Gasteiger partial charge in [-0.1, -0.05) is 13.3 Å². The van der Waals surface area contributed by atoms with Crippen molar-refractivity contribution in [1.82, 2.24) is 5.32 Å². The summed E-state index contributed by atoms with van der Waals surface area (Å²) in [5, 5.41) is 11.9. The third-order valence-corrected chi connectivity index (χ3v) is 3.46. The lowest BCUT2D eigenvalue weighted by Gasteiger charge is -2.11. The van der Waals surface area contributed by atoms with Gasteiger partial charge in [-0.15, -0.1) is 11.8 Å². The molecule has 0 saturated heterocycles. The van der Waals surface area contributed by atoms with Gasteiger partial charge in [0.25, 0.3) is 0 Å². The molecule has 1 unspecified atom stereocenters. The fourth-order valence-electron chi connectivity index (χ4n) is 1.31. The fraction of sp³-hybridized carbons (Fsp3) is 0.462. The van der Waals surface area contributed by atoms with Crippen molar-refractivity contribution in [2.45, 2.75) is 36.8 Å². The van der Waals surface area contributed by atoms with Crippen LogP contribution in [0, 0.1) is 0 Å². The van der Waals surface area contributed by atoms with Gasteiger partial charge in [0.05, 0.1) is 5.25 Å². The lowest BCUT2D eigenvalue weighted by Crippen LogP contribution is -2.31. The Kier molecular flexibility index (Phi) is 5.91. The maximum absolute atomic E-state index is 11.7. The highest BCUT2D eigenvalue weighted by molar-refractivity contribution is 8.00. The largest absolute Gasteiger partial charge is 0.508 e. The third kappa shape index (κ3) is 5.13. The molecule has 0 fully saturated rings. The van der Waals surface area contributed by atoms with Gasteiger partial charge in [-0.25, -0.2) is 0 Å². The highest BCUT2D eigenvalue weighted by atomic mass is 32.2. The lowest BCUT2D eigenvalue weighted by atomic mass is 10.3. The molecule has 0 spiro atoms. The van der Waals surface area contributed by atoms with E-state index in [-0.39, 0.29) is 16.9 Å². The maximum atomic E-state index is 11.7. The number of amides is 1. The molecule has 0 aliphatic heterocycles. The molecule has 1 amide bonds. The molecule has 0 bridgehead atoms. The fourth-order valence-corrected chi connectivity index (χ4v) is 2.21. The Bertz CT molecular complexity index is 351. The second-order valence-corrected chi connectivity index (χ2v) is 5.31. The van der Waals surface area contributed by atoms with Crippen molar-refractivity contribution in [1.29, 1.82) is 0 Å². The number of phenols is 1. The van der Waals surface area contributed by atoms with Crippen LogP contribution < -0.4 is 5.32 Å². The van der Waals surface area contributed by atoms with Gasteiger partial charge < -0.3 is 10.4 Å². The van der Waals surface area contributed by atoms with Gasteiger partial charge in [-0.2, -0.15) is 0 Å². The number of hydrogen-bond donors (Lipinski definition) is 2. The van der Waals surface area contributed by atoms with Crippen molar-refractivity contribution in [2.24, 2.45) is 0 Å². The molecule has 1 atom stereocenters. The number of thioether (sulfide) groups is 1. The van der Waals surface area contributed by atoms with E-state index in [1.807, 2.05) is 19.1 Å². The van der Waals surface area contributed by atoms with Crippen LogP contribution in [-0.4, -0.2) is 22.8 Å². The summed E-state index contributed by atoms with van der Waals surface area (Å²) in [6.45, 7) is 4.73. The normalized spacial score (nSPS) is 12.1. The van der Waals surface area contributed by atoms with E-state index in [4.69, 9.17) is 5.11 Å². The molecule has 0 aliphatic carbocycles. The predicted octanol–water partition coefficient (Wildman–Crippen LogP) is 2.79. The Balaban J connectivity index is 2.40. The van der Waals surface area contributed by atoms with Crippen molar-refractivity contribution in [3.63, 3.8) is 0 Å². The van der Waals surface area contributed by atoms with Gasteiger partial charge in [-0.05, 0) is 37.6 Å². The van der Waals surface area contributed by atoms with Crippen molar-refractivity contribution in [3.8, 4) is 5.75 Å². The lowest BCUT2D eigenvalue weighted by molar-refractivity contribution is -0.120. The molecular weight excluding hydrogens is 234 g/mol. The smallest absolute Gasteiger partial charge is 0.233 e. The first-order valence-electron chi connectivity index (χ1n) is 5.87. The number of benzene rings is 1. The quantitative estimate of drug-likeness (QED) is 0.605. The van der Waals surface area contributed by atoms with E-state index in [1.54, 1.807) is 12.1 Å². The average molecular weight is 253 g/mol. The zero-order valence-corrected chi connectivity index (χ0v) is 11.1. The van der Waals surface area contributed by atoms with Crippen molar-refractivity contribution < 1.29 is 9.90 Å². The summed E-state index contributed by atoms with van der Waals surface area (Å²) in [7, 11) is 0. The van der Waals surface area contributed by atoms with Crippen molar-refractivity contribution in [2.75, 3.05) is 6.54 Å². The van der Waals surface area contributed by atoms with Crippen LogP contribution in [0.25, 0.3) is 0 Å². The minimum atomic E-state index is -0.114. The molecule has 1 rings (SSSR count). The standard InChI is InChI=1S/C13H19NO2S/c1-3-4-9-14-13(16)10(2)17-12-7-5-11(15)6-8-12/h5-8,10,15H,3-4,9H2,1-2H3,(H,14,16). The minimum Gasteiger partial charge on any atom is -0.508 e. The SMILES string of the molecule is CCCCNC(=O)C(C)Sc1ccc(O)cc1. The summed E-state index contributed by atoms with van der Waals surface area (Å²) in [5.74, 6) is 0.311. The molecule has 0 aliphatic rings. The van der Waals surface area contributed by atoms with Crippen molar-refractivity contribution >= 4 is 17.7 Å². The molecule has 2 N–H and O–H groups in total. The Hall–Kier alpha value is -1.16. The number of hydrogen-bond acceptors (Lipinski definition) is 3. The number of unbranched alkanes of at least 4 members (excludes halogenated alkanes) is 1. The second-order valence-electron chi connectivity index (χ2n) is 3.90. The number of carbonyl (C=O) groups excluding carboxylic acids is 1. The molecule has 0 saturated carbocycles. The average Bonchev–Trinajstić information content (AvgIpc) is 2.32. The number of carbonyl (C=O) groups is 1. The third-order valence-electron chi connectivity index (χ3n) is 2.35. The van der Waals surface area contributed by atoms with E-state index < -0.39 is 0 Å². The molecule has 94 valence electrons. The first-order valence-corrected chi connectivity index (χ1v) is 6.75. The summed E-state index contributed by atoms with van der Waals surface area (Å²) >= 11 is 1.50. The maximum Gasteiger partial charge on any atom is 0.233 e. The van der Waals surface area contributed by atoms with Gasteiger partial charge in [-0.3, -0.25) is 4.79 Å². The van der Waals surface area contributed by atoms with Gasteiger partial charge in [0.1, 0.15) is 5.75 Å². The van der Waals surface area contributed by atoms with E-state index in [9.17, 15) is 4.79 Å². The topological polar surface area (TPSA) is 49.3 Å². The Labute approximate surface area is 107 Å². The highest BCUT2D eigenvalue weighted by Crippen LogP contribution is 2.24. The van der Waals surface area contributed by atoms with Gasteiger partial charge in [0, 0.05) is 11.4 Å². The van der Waals surface area contributed by atoms with Gasteiger partial charge >= 0.3 is 0 Å². The van der Waals surface area contributed by atoms with Crippen LogP contribution in [0.4, 0.5) is 0 Å². The van der Waals surface area contributed by atoms with Crippen LogP contribution in [0.15, 0.2) is 29.2 Å². The second kappa shape index (κ2) is 7.22. The highest BCUT2D eigenvalue weighted by Gasteiger charge is 2.13. The molecule has 4 heteroatoms. The van der Waals surface area contributed by atoms with Gasteiger partial charge in [0.2, 0.25) is 5.91 Å².